The molecule has 1 aromatic carbocycles. The smallest absolute Gasteiger partial charge is 0.204 e. The van der Waals surface area contributed by atoms with E-state index in [2.05, 4.69) is 85.1 Å². The minimum absolute atomic E-state index is 1.16. The Bertz CT molecular complexity index is 621. The van der Waals surface area contributed by atoms with Crippen LogP contribution >= 0.6 is 0 Å². The fourth-order valence-electron chi connectivity index (χ4n) is 2.76. The zero-order valence-corrected chi connectivity index (χ0v) is 15.4. The molecule has 0 saturated carbocycles. The number of unbranched alkanes of at least 4 members (excludes halogenated alkanes) is 2. The van der Waals surface area contributed by atoms with E-state index in [1.807, 2.05) is 6.07 Å². The highest BCUT2D eigenvalue weighted by Gasteiger charge is 2.05. The van der Waals surface area contributed by atoms with Crippen LogP contribution in [-0.2, 0) is 7.05 Å². The summed E-state index contributed by atoms with van der Waals surface area (Å²) >= 11 is 0. The predicted molar refractivity (Wildman–Crippen MR) is 105 cm³/mol. The van der Waals surface area contributed by atoms with E-state index in [1.54, 1.807) is 0 Å². The van der Waals surface area contributed by atoms with Crippen LogP contribution in [0, 0.1) is 0 Å². The lowest BCUT2D eigenvalue weighted by atomic mass is 10.1. The lowest BCUT2D eigenvalue weighted by Gasteiger charge is -2.24. The minimum Gasteiger partial charge on any atom is -0.372 e. The maximum absolute atomic E-state index is 2.53. The summed E-state index contributed by atoms with van der Waals surface area (Å²) < 4.78 is 2.13. The topological polar surface area (TPSA) is 7.12 Å². The summed E-state index contributed by atoms with van der Waals surface area (Å²) in [6.45, 7) is 6.84. The van der Waals surface area contributed by atoms with Gasteiger partial charge in [-0.15, -0.1) is 0 Å². The van der Waals surface area contributed by atoms with Gasteiger partial charge in [0.25, 0.3) is 0 Å². The molecule has 1 aromatic heterocycles. The largest absolute Gasteiger partial charge is 0.372 e. The van der Waals surface area contributed by atoms with Crippen molar-refractivity contribution < 1.29 is 4.57 Å². The highest BCUT2D eigenvalue weighted by Crippen LogP contribution is 2.18. The maximum atomic E-state index is 2.53. The van der Waals surface area contributed by atoms with E-state index < -0.39 is 0 Å². The van der Waals surface area contributed by atoms with Crippen molar-refractivity contribution in [3.63, 3.8) is 0 Å². The van der Waals surface area contributed by atoms with Crippen molar-refractivity contribution >= 4 is 17.8 Å². The molecule has 1 heterocycles. The summed E-state index contributed by atoms with van der Waals surface area (Å²) in [5, 5.41) is 0. The van der Waals surface area contributed by atoms with Gasteiger partial charge in [-0.2, -0.15) is 0 Å². The van der Waals surface area contributed by atoms with E-state index in [-0.39, 0.29) is 0 Å². The molecule has 24 heavy (non-hydrogen) atoms. The molecule has 0 spiro atoms. The molecule has 2 rings (SSSR count). The van der Waals surface area contributed by atoms with E-state index in [0.29, 0.717) is 0 Å². The van der Waals surface area contributed by atoms with Crippen LogP contribution in [0.15, 0.2) is 48.7 Å². The van der Waals surface area contributed by atoms with Crippen molar-refractivity contribution in [1.29, 1.82) is 0 Å². The summed E-state index contributed by atoms with van der Waals surface area (Å²) in [6, 6.07) is 15.2. The van der Waals surface area contributed by atoms with Gasteiger partial charge in [0, 0.05) is 37.0 Å². The Balaban J connectivity index is 2.06. The van der Waals surface area contributed by atoms with Crippen LogP contribution in [0.4, 0.5) is 5.69 Å². The molecule has 0 radical (unpaired) electrons. The van der Waals surface area contributed by atoms with E-state index >= 15 is 0 Å². The zero-order valence-electron chi connectivity index (χ0n) is 15.4. The summed E-state index contributed by atoms with van der Waals surface area (Å²) in [5.41, 5.74) is 3.79. The fraction of sp³-hybridized carbons (Fsp3) is 0.409. The molecule has 0 fully saturated rings. The molecule has 2 aromatic rings. The number of hydrogen-bond acceptors (Lipinski definition) is 1. The quantitative estimate of drug-likeness (QED) is 0.583. The molecule has 0 aliphatic heterocycles. The number of benzene rings is 1. The molecule has 0 unspecified atom stereocenters. The number of hydrogen-bond donors (Lipinski definition) is 0. The van der Waals surface area contributed by atoms with Crippen LogP contribution in [0.5, 0.6) is 0 Å². The van der Waals surface area contributed by atoms with Gasteiger partial charge < -0.3 is 4.90 Å². The Morgan fingerprint density at radius 3 is 2.12 bits per heavy atom. The summed E-state index contributed by atoms with van der Waals surface area (Å²) in [4.78, 5) is 2.53. The lowest BCUT2D eigenvalue weighted by Crippen LogP contribution is -2.30. The molecular weight excluding hydrogens is 292 g/mol. The second-order valence-corrected chi connectivity index (χ2v) is 6.36. The van der Waals surface area contributed by atoms with Crippen molar-refractivity contribution in [3.8, 4) is 0 Å². The number of rotatable bonds is 9. The Morgan fingerprint density at radius 1 is 0.875 bits per heavy atom. The van der Waals surface area contributed by atoms with Gasteiger partial charge in [-0.3, -0.25) is 0 Å². The zero-order chi connectivity index (χ0) is 17.2. The van der Waals surface area contributed by atoms with Crippen molar-refractivity contribution in [1.82, 2.24) is 0 Å². The number of nitrogens with zero attached hydrogens (tertiary/aromatic N) is 2. The maximum Gasteiger partial charge on any atom is 0.204 e. The highest BCUT2D eigenvalue weighted by molar-refractivity contribution is 5.68. The SMILES string of the molecule is CCCCN(CCCC)c1ccc(C=Cc2cccc[n+]2C)cc1. The van der Waals surface area contributed by atoms with Gasteiger partial charge in [0.15, 0.2) is 6.20 Å². The number of aromatic nitrogens is 1. The molecule has 2 heteroatoms. The normalized spacial score (nSPS) is 11.1. The van der Waals surface area contributed by atoms with Crippen LogP contribution in [0.3, 0.4) is 0 Å². The number of pyridine rings is 1. The first-order valence-electron chi connectivity index (χ1n) is 9.22. The van der Waals surface area contributed by atoms with Crippen LogP contribution in [0.2, 0.25) is 0 Å². The summed E-state index contributed by atoms with van der Waals surface area (Å²) in [5.74, 6) is 0. The van der Waals surface area contributed by atoms with Crippen molar-refractivity contribution in [2.45, 2.75) is 39.5 Å². The Kier molecular flexibility index (Phi) is 7.54. The van der Waals surface area contributed by atoms with Crippen LogP contribution in [0.25, 0.3) is 12.2 Å². The number of anilines is 1. The van der Waals surface area contributed by atoms with Crippen molar-refractivity contribution in [2.24, 2.45) is 7.05 Å². The first kappa shape index (κ1) is 18.3. The molecule has 0 aliphatic rings. The average molecular weight is 324 g/mol. The number of aryl methyl sites for hydroxylation is 1. The second kappa shape index (κ2) is 9.92. The molecule has 0 atom stereocenters. The molecular formula is C22H31N2+. The van der Waals surface area contributed by atoms with Gasteiger partial charge in [-0.25, -0.2) is 4.57 Å². The molecule has 2 nitrogen and oxygen atoms in total. The van der Waals surface area contributed by atoms with E-state index in [4.69, 9.17) is 0 Å². The van der Waals surface area contributed by atoms with Crippen molar-refractivity contribution in [3.05, 3.63) is 59.9 Å². The van der Waals surface area contributed by atoms with E-state index in [0.717, 1.165) is 13.1 Å². The van der Waals surface area contributed by atoms with Crippen LogP contribution < -0.4 is 9.47 Å². The first-order valence-corrected chi connectivity index (χ1v) is 9.22. The van der Waals surface area contributed by atoms with Gasteiger partial charge >= 0.3 is 0 Å². The van der Waals surface area contributed by atoms with Crippen LogP contribution in [0.1, 0.15) is 50.8 Å². The Morgan fingerprint density at radius 2 is 1.54 bits per heavy atom. The second-order valence-electron chi connectivity index (χ2n) is 6.36. The van der Waals surface area contributed by atoms with Gasteiger partial charge in [0.05, 0.1) is 0 Å². The molecule has 0 amide bonds. The standard InChI is InChI=1S/C22H31N2/c1-4-6-18-24(19-7-5-2)22-15-12-20(13-16-22)11-14-21-10-8-9-17-23(21)3/h8-17H,4-7,18-19H2,1-3H3/q+1. The lowest BCUT2D eigenvalue weighted by molar-refractivity contribution is -0.673. The molecule has 0 saturated heterocycles. The molecule has 128 valence electrons. The fourth-order valence-corrected chi connectivity index (χ4v) is 2.76. The Hall–Kier alpha value is -2.09. The molecule has 0 aliphatic carbocycles. The van der Waals surface area contributed by atoms with Crippen LogP contribution in [-0.4, -0.2) is 13.1 Å². The van der Waals surface area contributed by atoms with Gasteiger partial charge in [-0.05, 0) is 42.7 Å². The van der Waals surface area contributed by atoms with Crippen molar-refractivity contribution in [2.75, 3.05) is 18.0 Å². The Labute approximate surface area is 147 Å². The third kappa shape index (κ3) is 5.52. The predicted octanol–water partition coefficient (Wildman–Crippen LogP) is 5.09. The third-order valence-corrected chi connectivity index (χ3v) is 4.36. The van der Waals surface area contributed by atoms with E-state index in [1.165, 1.54) is 42.6 Å². The minimum atomic E-state index is 1.16. The van der Waals surface area contributed by atoms with Gasteiger partial charge in [0.2, 0.25) is 5.69 Å². The summed E-state index contributed by atoms with van der Waals surface area (Å²) in [7, 11) is 2.07. The highest BCUT2D eigenvalue weighted by atomic mass is 15.1. The monoisotopic (exact) mass is 323 g/mol. The first-order chi connectivity index (χ1) is 11.7. The van der Waals surface area contributed by atoms with E-state index in [9.17, 15) is 0 Å². The molecule has 0 N–H and O–H groups in total. The molecule has 0 bridgehead atoms. The summed E-state index contributed by atoms with van der Waals surface area (Å²) in [6.07, 6.45) is 11.4. The van der Waals surface area contributed by atoms with Gasteiger partial charge in [-0.1, -0.05) is 38.8 Å². The average Bonchev–Trinajstić information content (AvgIpc) is 2.62. The van der Waals surface area contributed by atoms with Gasteiger partial charge in [0.1, 0.15) is 7.05 Å². The third-order valence-electron chi connectivity index (χ3n) is 4.36.